The summed E-state index contributed by atoms with van der Waals surface area (Å²) in [4.78, 5) is 24.1. The van der Waals surface area contributed by atoms with Crippen molar-refractivity contribution in [2.75, 3.05) is 25.5 Å². The summed E-state index contributed by atoms with van der Waals surface area (Å²) < 4.78 is 5.97. The van der Waals surface area contributed by atoms with Crippen molar-refractivity contribution in [2.24, 2.45) is 0 Å². The summed E-state index contributed by atoms with van der Waals surface area (Å²) in [5.74, 6) is -0.396. The van der Waals surface area contributed by atoms with Gasteiger partial charge >= 0.3 is 12.0 Å². The average molecular weight is 345 g/mol. The third kappa shape index (κ3) is 4.73. The average Bonchev–Trinajstić information content (AvgIpc) is 2.39. The van der Waals surface area contributed by atoms with E-state index in [0.29, 0.717) is 18.0 Å². The number of urea groups is 1. The Labute approximate surface area is 125 Å². The molecule has 0 aliphatic heterocycles. The smallest absolute Gasteiger partial charge is 0.321 e. The zero-order chi connectivity index (χ0) is 15.1. The van der Waals surface area contributed by atoms with E-state index in [1.54, 1.807) is 25.1 Å². The highest BCUT2D eigenvalue weighted by Gasteiger charge is 2.15. The molecule has 7 heteroatoms. The van der Waals surface area contributed by atoms with Gasteiger partial charge in [0.1, 0.15) is 5.75 Å². The molecule has 0 aromatic heterocycles. The molecule has 0 heterocycles. The SMILES string of the molecule is CCN(CCC(=O)O)C(=O)Nc1cc(Br)ccc1OC. The number of amides is 2. The molecular weight excluding hydrogens is 328 g/mol. The Hall–Kier alpha value is -1.76. The van der Waals surface area contributed by atoms with Crippen LogP contribution in [0.1, 0.15) is 13.3 Å². The summed E-state index contributed by atoms with van der Waals surface area (Å²) >= 11 is 3.32. The number of carboxylic acid groups (broad SMARTS) is 1. The highest BCUT2D eigenvalue weighted by molar-refractivity contribution is 9.10. The molecule has 0 spiro atoms. The highest BCUT2D eigenvalue weighted by Crippen LogP contribution is 2.28. The van der Waals surface area contributed by atoms with E-state index in [4.69, 9.17) is 9.84 Å². The first kappa shape index (κ1) is 16.3. The number of carbonyl (C=O) groups excluding carboxylic acids is 1. The maximum atomic E-state index is 12.1. The van der Waals surface area contributed by atoms with Gasteiger partial charge in [-0.3, -0.25) is 4.79 Å². The van der Waals surface area contributed by atoms with E-state index >= 15 is 0 Å². The second kappa shape index (κ2) is 7.74. The van der Waals surface area contributed by atoms with Gasteiger partial charge in [-0.2, -0.15) is 0 Å². The van der Waals surface area contributed by atoms with Crippen molar-refractivity contribution in [1.29, 1.82) is 0 Å². The number of aliphatic carboxylic acids is 1. The Morgan fingerprint density at radius 1 is 1.45 bits per heavy atom. The standard InChI is InChI=1S/C13H17BrN2O4/c1-3-16(7-6-12(17)18)13(19)15-10-8-9(14)4-5-11(10)20-2/h4-5,8H,3,6-7H2,1-2H3,(H,15,19)(H,17,18). The molecule has 0 aliphatic rings. The van der Waals surface area contributed by atoms with Crippen molar-refractivity contribution in [3.05, 3.63) is 22.7 Å². The molecule has 110 valence electrons. The number of hydrogen-bond acceptors (Lipinski definition) is 3. The molecule has 0 unspecified atom stereocenters. The lowest BCUT2D eigenvalue weighted by Crippen LogP contribution is -2.36. The zero-order valence-electron chi connectivity index (χ0n) is 11.4. The predicted octanol–water partition coefficient (Wildman–Crippen LogP) is 2.79. The normalized spacial score (nSPS) is 9.95. The number of carbonyl (C=O) groups is 2. The number of anilines is 1. The van der Waals surface area contributed by atoms with Crippen LogP contribution in [0.3, 0.4) is 0 Å². The van der Waals surface area contributed by atoms with Crippen LogP contribution in [-0.4, -0.2) is 42.2 Å². The van der Waals surface area contributed by atoms with E-state index < -0.39 is 5.97 Å². The minimum Gasteiger partial charge on any atom is -0.495 e. The fraction of sp³-hybridized carbons (Fsp3) is 0.385. The number of nitrogens with one attached hydrogen (secondary N) is 1. The Morgan fingerprint density at radius 2 is 2.15 bits per heavy atom. The summed E-state index contributed by atoms with van der Waals surface area (Å²) in [5.41, 5.74) is 0.528. The summed E-state index contributed by atoms with van der Waals surface area (Å²) in [6, 6.07) is 4.90. The van der Waals surface area contributed by atoms with Crippen LogP contribution in [0.5, 0.6) is 5.75 Å². The van der Waals surface area contributed by atoms with Crippen LogP contribution in [0.15, 0.2) is 22.7 Å². The van der Waals surface area contributed by atoms with Gasteiger partial charge in [-0.25, -0.2) is 4.79 Å². The van der Waals surface area contributed by atoms with Gasteiger partial charge < -0.3 is 20.1 Å². The van der Waals surface area contributed by atoms with Crippen molar-refractivity contribution in [3.8, 4) is 5.75 Å². The van der Waals surface area contributed by atoms with Crippen LogP contribution >= 0.6 is 15.9 Å². The van der Waals surface area contributed by atoms with Crippen molar-refractivity contribution in [3.63, 3.8) is 0 Å². The van der Waals surface area contributed by atoms with E-state index in [2.05, 4.69) is 21.2 Å². The largest absolute Gasteiger partial charge is 0.495 e. The zero-order valence-corrected chi connectivity index (χ0v) is 12.9. The number of carboxylic acids is 1. The quantitative estimate of drug-likeness (QED) is 0.831. The summed E-state index contributed by atoms with van der Waals surface area (Å²) in [6.07, 6.45) is -0.0864. The molecule has 0 bridgehead atoms. The molecular formula is C13H17BrN2O4. The molecule has 1 aromatic rings. The van der Waals surface area contributed by atoms with Gasteiger partial charge in [-0.05, 0) is 25.1 Å². The van der Waals surface area contributed by atoms with Crippen LogP contribution in [0.2, 0.25) is 0 Å². The Morgan fingerprint density at radius 3 is 2.70 bits per heavy atom. The fourth-order valence-corrected chi connectivity index (χ4v) is 1.97. The lowest BCUT2D eigenvalue weighted by Gasteiger charge is -2.21. The molecule has 6 nitrogen and oxygen atoms in total. The molecule has 0 fully saturated rings. The van der Waals surface area contributed by atoms with E-state index in [1.165, 1.54) is 12.0 Å². The Bertz CT molecular complexity index is 493. The van der Waals surface area contributed by atoms with Crippen molar-refractivity contribution >= 4 is 33.6 Å². The molecule has 0 atom stereocenters. The summed E-state index contributed by atoms with van der Waals surface area (Å²) in [7, 11) is 1.51. The van der Waals surface area contributed by atoms with Crippen molar-refractivity contribution in [1.82, 2.24) is 4.90 Å². The summed E-state index contributed by atoms with van der Waals surface area (Å²) in [6.45, 7) is 2.38. The van der Waals surface area contributed by atoms with Gasteiger partial charge in [0.2, 0.25) is 0 Å². The molecule has 0 saturated carbocycles. The highest BCUT2D eigenvalue weighted by atomic mass is 79.9. The minimum absolute atomic E-state index is 0.0864. The molecule has 2 N–H and O–H groups in total. The van der Waals surface area contributed by atoms with Gasteiger partial charge in [0, 0.05) is 17.6 Å². The molecule has 1 rings (SSSR count). The van der Waals surface area contributed by atoms with E-state index in [0.717, 1.165) is 4.47 Å². The van der Waals surface area contributed by atoms with Gasteiger partial charge in [-0.1, -0.05) is 15.9 Å². The van der Waals surface area contributed by atoms with Crippen LogP contribution in [-0.2, 0) is 4.79 Å². The van der Waals surface area contributed by atoms with E-state index in [9.17, 15) is 9.59 Å². The van der Waals surface area contributed by atoms with Crippen molar-refractivity contribution in [2.45, 2.75) is 13.3 Å². The number of methoxy groups -OCH3 is 1. The van der Waals surface area contributed by atoms with Gasteiger partial charge in [-0.15, -0.1) is 0 Å². The molecule has 0 aliphatic carbocycles. The Kier molecular flexibility index (Phi) is 6.30. The molecule has 1 aromatic carbocycles. The van der Waals surface area contributed by atoms with E-state index in [1.807, 2.05) is 0 Å². The first-order valence-corrected chi connectivity index (χ1v) is 6.88. The first-order chi connectivity index (χ1) is 9.47. The summed E-state index contributed by atoms with van der Waals surface area (Å²) in [5, 5.41) is 11.4. The Balaban J connectivity index is 2.77. The molecule has 20 heavy (non-hydrogen) atoms. The second-order valence-electron chi connectivity index (χ2n) is 4.00. The van der Waals surface area contributed by atoms with Gasteiger partial charge in [0.05, 0.1) is 19.2 Å². The van der Waals surface area contributed by atoms with Crippen LogP contribution < -0.4 is 10.1 Å². The minimum atomic E-state index is -0.934. The number of ether oxygens (including phenoxy) is 1. The van der Waals surface area contributed by atoms with Crippen LogP contribution in [0, 0.1) is 0 Å². The third-order valence-corrected chi connectivity index (χ3v) is 3.16. The number of halogens is 1. The molecule has 0 radical (unpaired) electrons. The van der Waals surface area contributed by atoms with Gasteiger partial charge in [0.15, 0.2) is 0 Å². The maximum Gasteiger partial charge on any atom is 0.321 e. The number of nitrogens with zero attached hydrogens (tertiary/aromatic N) is 1. The van der Waals surface area contributed by atoms with E-state index in [-0.39, 0.29) is 19.0 Å². The fourth-order valence-electron chi connectivity index (χ4n) is 1.61. The number of hydrogen-bond donors (Lipinski definition) is 2. The molecule has 2 amide bonds. The predicted molar refractivity (Wildman–Crippen MR) is 79.2 cm³/mol. The third-order valence-electron chi connectivity index (χ3n) is 2.67. The lowest BCUT2D eigenvalue weighted by atomic mass is 10.3. The second-order valence-corrected chi connectivity index (χ2v) is 4.91. The first-order valence-electron chi connectivity index (χ1n) is 6.09. The van der Waals surface area contributed by atoms with Crippen LogP contribution in [0.4, 0.5) is 10.5 Å². The molecule has 0 saturated heterocycles. The van der Waals surface area contributed by atoms with Crippen molar-refractivity contribution < 1.29 is 19.4 Å². The topological polar surface area (TPSA) is 78.9 Å². The number of rotatable bonds is 6. The number of benzene rings is 1. The maximum absolute atomic E-state index is 12.1. The van der Waals surface area contributed by atoms with Gasteiger partial charge in [0.25, 0.3) is 0 Å². The monoisotopic (exact) mass is 344 g/mol. The lowest BCUT2D eigenvalue weighted by molar-refractivity contribution is -0.137. The van der Waals surface area contributed by atoms with Crippen LogP contribution in [0.25, 0.3) is 0 Å².